The Bertz CT molecular complexity index is 999. The average molecular weight is 375 g/mol. The van der Waals surface area contributed by atoms with Crippen LogP contribution < -0.4 is 10.2 Å². The Kier molecular flexibility index (Phi) is 4.89. The van der Waals surface area contributed by atoms with E-state index in [9.17, 15) is 9.59 Å². The Hall–Kier alpha value is -3.48. The van der Waals surface area contributed by atoms with E-state index >= 15 is 0 Å². The number of carbonyl (C=O) groups excluding carboxylic acids is 2. The molecule has 2 aromatic heterocycles. The van der Waals surface area contributed by atoms with Gasteiger partial charge in [-0.3, -0.25) is 14.6 Å². The lowest BCUT2D eigenvalue weighted by molar-refractivity contribution is -0.130. The van der Waals surface area contributed by atoms with Crippen LogP contribution >= 0.6 is 0 Å². The lowest BCUT2D eigenvalue weighted by Crippen LogP contribution is -2.38. The maximum Gasteiger partial charge on any atom is 0.239 e. The Morgan fingerprint density at radius 3 is 2.82 bits per heavy atom. The van der Waals surface area contributed by atoms with Gasteiger partial charge in [0, 0.05) is 26.0 Å². The van der Waals surface area contributed by atoms with Crippen molar-refractivity contribution < 1.29 is 9.59 Å². The normalized spacial score (nSPS) is 16.4. The first kappa shape index (κ1) is 17.9. The molecule has 0 saturated carbocycles. The number of aromatic nitrogens is 3. The summed E-state index contributed by atoms with van der Waals surface area (Å²) in [5, 5.41) is 2.78. The van der Waals surface area contributed by atoms with Gasteiger partial charge >= 0.3 is 0 Å². The zero-order chi connectivity index (χ0) is 19.5. The molecule has 0 fully saturated rings. The van der Waals surface area contributed by atoms with Crippen LogP contribution in [0.2, 0.25) is 0 Å². The highest BCUT2D eigenvalue weighted by Crippen LogP contribution is 2.27. The molecule has 1 aliphatic heterocycles. The molecule has 3 heterocycles. The lowest BCUT2D eigenvalue weighted by Gasteiger charge is -2.20. The van der Waals surface area contributed by atoms with Crippen LogP contribution in [0, 0.1) is 5.92 Å². The zero-order valence-corrected chi connectivity index (χ0v) is 15.6. The fourth-order valence-electron chi connectivity index (χ4n) is 3.45. The van der Waals surface area contributed by atoms with Crippen LogP contribution in [0.1, 0.15) is 17.7 Å². The summed E-state index contributed by atoms with van der Waals surface area (Å²) in [6.07, 6.45) is 6.14. The quantitative estimate of drug-likeness (QED) is 0.711. The molecular formula is C21H21N5O2. The molecule has 2 amide bonds. The maximum atomic E-state index is 12.8. The van der Waals surface area contributed by atoms with E-state index in [2.05, 4.69) is 15.3 Å². The number of nitrogens with one attached hydrogen (secondary N) is 1. The van der Waals surface area contributed by atoms with E-state index in [-0.39, 0.29) is 11.8 Å². The van der Waals surface area contributed by atoms with Crippen molar-refractivity contribution in [1.29, 1.82) is 0 Å². The molecule has 1 N–H and O–H groups in total. The maximum absolute atomic E-state index is 12.8. The van der Waals surface area contributed by atoms with E-state index in [1.165, 1.54) is 4.90 Å². The van der Waals surface area contributed by atoms with Gasteiger partial charge in [-0.25, -0.2) is 4.98 Å². The minimum Gasteiger partial charge on any atom is -0.331 e. The SMILES string of the molecule is CN1C(=O)C(C(=O)Nc2cn(Cc3ccccc3)cn2)CCc2ncccc21. The number of nitrogens with zero attached hydrogens (tertiary/aromatic N) is 4. The number of hydrogen-bond donors (Lipinski definition) is 1. The second kappa shape index (κ2) is 7.64. The number of hydrogen-bond acceptors (Lipinski definition) is 4. The molecule has 0 radical (unpaired) electrons. The Morgan fingerprint density at radius 2 is 2.00 bits per heavy atom. The number of fused-ring (bicyclic) bond motifs is 1. The molecule has 0 saturated heterocycles. The molecular weight excluding hydrogens is 354 g/mol. The topological polar surface area (TPSA) is 80.1 Å². The molecule has 142 valence electrons. The zero-order valence-electron chi connectivity index (χ0n) is 15.6. The van der Waals surface area contributed by atoms with E-state index in [1.807, 2.05) is 41.0 Å². The molecule has 3 aromatic rings. The summed E-state index contributed by atoms with van der Waals surface area (Å²) in [4.78, 5) is 35.7. The van der Waals surface area contributed by atoms with Crippen LogP contribution in [0.25, 0.3) is 0 Å². The number of anilines is 2. The van der Waals surface area contributed by atoms with Gasteiger partial charge in [0.1, 0.15) is 5.92 Å². The van der Waals surface area contributed by atoms with E-state index in [1.54, 1.807) is 31.8 Å². The predicted molar refractivity (Wildman–Crippen MR) is 106 cm³/mol. The molecule has 7 heteroatoms. The van der Waals surface area contributed by atoms with E-state index < -0.39 is 5.92 Å². The van der Waals surface area contributed by atoms with Crippen molar-refractivity contribution in [2.75, 3.05) is 17.3 Å². The van der Waals surface area contributed by atoms with Crippen molar-refractivity contribution in [3.63, 3.8) is 0 Å². The molecule has 1 aliphatic rings. The first-order chi connectivity index (χ1) is 13.6. The second-order valence-electron chi connectivity index (χ2n) is 6.86. The summed E-state index contributed by atoms with van der Waals surface area (Å²) in [5.74, 6) is -0.891. The van der Waals surface area contributed by atoms with Crippen molar-refractivity contribution in [2.45, 2.75) is 19.4 Å². The molecule has 1 unspecified atom stereocenters. The highest BCUT2D eigenvalue weighted by atomic mass is 16.2. The Morgan fingerprint density at radius 1 is 1.18 bits per heavy atom. The van der Waals surface area contributed by atoms with Crippen molar-refractivity contribution in [1.82, 2.24) is 14.5 Å². The van der Waals surface area contributed by atoms with E-state index in [0.29, 0.717) is 25.2 Å². The number of aryl methyl sites for hydroxylation is 1. The second-order valence-corrected chi connectivity index (χ2v) is 6.86. The lowest BCUT2D eigenvalue weighted by atomic mass is 10.0. The third-order valence-corrected chi connectivity index (χ3v) is 4.94. The number of pyridine rings is 1. The molecule has 1 atom stereocenters. The third kappa shape index (κ3) is 3.64. The van der Waals surface area contributed by atoms with Crippen molar-refractivity contribution in [3.8, 4) is 0 Å². The standard InChI is InChI=1S/C21H21N5O2/c1-25-18-8-5-11-22-17(18)10-9-16(21(25)28)20(27)24-19-13-26(14-23-19)12-15-6-3-2-4-7-15/h2-8,11,13-14,16H,9-10,12H2,1H3,(H,24,27). The van der Waals surface area contributed by atoms with Gasteiger partial charge in [0.2, 0.25) is 11.8 Å². The fraction of sp³-hybridized carbons (Fsp3) is 0.238. The smallest absolute Gasteiger partial charge is 0.239 e. The third-order valence-electron chi connectivity index (χ3n) is 4.94. The molecule has 28 heavy (non-hydrogen) atoms. The monoisotopic (exact) mass is 375 g/mol. The first-order valence-corrected chi connectivity index (χ1v) is 9.20. The molecule has 0 spiro atoms. The predicted octanol–water partition coefficient (Wildman–Crippen LogP) is 2.49. The van der Waals surface area contributed by atoms with Gasteiger partial charge in [-0.05, 0) is 30.5 Å². The van der Waals surface area contributed by atoms with Crippen LogP contribution in [0.4, 0.5) is 11.5 Å². The minimum atomic E-state index is -0.765. The summed E-state index contributed by atoms with van der Waals surface area (Å²) in [7, 11) is 1.68. The van der Waals surface area contributed by atoms with Crippen LogP contribution in [-0.4, -0.2) is 33.4 Å². The number of benzene rings is 1. The van der Waals surface area contributed by atoms with E-state index in [0.717, 1.165) is 16.9 Å². The molecule has 0 bridgehead atoms. The van der Waals surface area contributed by atoms with Gasteiger partial charge in [-0.2, -0.15) is 0 Å². The highest BCUT2D eigenvalue weighted by Gasteiger charge is 2.33. The van der Waals surface area contributed by atoms with Crippen molar-refractivity contribution in [2.24, 2.45) is 5.92 Å². The molecule has 7 nitrogen and oxygen atoms in total. The fourth-order valence-corrected chi connectivity index (χ4v) is 3.45. The Labute approximate surface area is 163 Å². The van der Waals surface area contributed by atoms with Crippen LogP contribution in [0.3, 0.4) is 0 Å². The number of amides is 2. The highest BCUT2D eigenvalue weighted by molar-refractivity contribution is 6.11. The summed E-state index contributed by atoms with van der Waals surface area (Å²) >= 11 is 0. The largest absolute Gasteiger partial charge is 0.331 e. The van der Waals surface area contributed by atoms with Crippen LogP contribution in [0.15, 0.2) is 61.2 Å². The van der Waals surface area contributed by atoms with Gasteiger partial charge < -0.3 is 14.8 Å². The van der Waals surface area contributed by atoms with Gasteiger partial charge in [0.25, 0.3) is 0 Å². The summed E-state index contributed by atoms with van der Waals surface area (Å²) in [6, 6.07) is 13.6. The van der Waals surface area contributed by atoms with E-state index in [4.69, 9.17) is 0 Å². The van der Waals surface area contributed by atoms with Gasteiger partial charge in [0.15, 0.2) is 5.82 Å². The molecule has 0 aliphatic carbocycles. The summed E-state index contributed by atoms with van der Waals surface area (Å²) in [6.45, 7) is 0.662. The summed E-state index contributed by atoms with van der Waals surface area (Å²) < 4.78 is 1.89. The van der Waals surface area contributed by atoms with Crippen LogP contribution in [-0.2, 0) is 22.6 Å². The van der Waals surface area contributed by atoms with Gasteiger partial charge in [-0.1, -0.05) is 30.3 Å². The average Bonchev–Trinajstić information content (AvgIpc) is 3.10. The van der Waals surface area contributed by atoms with Crippen LogP contribution in [0.5, 0.6) is 0 Å². The molecule has 4 rings (SSSR count). The van der Waals surface area contributed by atoms with Crippen molar-refractivity contribution in [3.05, 3.63) is 72.4 Å². The Balaban J connectivity index is 1.45. The number of carbonyl (C=O) groups is 2. The minimum absolute atomic E-state index is 0.229. The number of imidazole rings is 1. The molecule has 1 aromatic carbocycles. The summed E-state index contributed by atoms with van der Waals surface area (Å²) in [5.41, 5.74) is 2.74. The van der Waals surface area contributed by atoms with Gasteiger partial charge in [0.05, 0.1) is 17.7 Å². The van der Waals surface area contributed by atoms with Gasteiger partial charge in [-0.15, -0.1) is 0 Å². The van der Waals surface area contributed by atoms with Crippen molar-refractivity contribution >= 4 is 23.3 Å². The first-order valence-electron chi connectivity index (χ1n) is 9.20. The number of rotatable bonds is 4.